The minimum atomic E-state index is -1.03. The fourth-order valence-corrected chi connectivity index (χ4v) is 2.22. The monoisotopic (exact) mass is 222 g/mol. The maximum Gasteiger partial charge on any atom is 0.338 e. The lowest BCUT2D eigenvalue weighted by Crippen LogP contribution is -2.58. The smallest absolute Gasteiger partial charge is 0.338 e. The Morgan fingerprint density at radius 1 is 1.36 bits per heavy atom. The molecule has 2 unspecified atom stereocenters. The van der Waals surface area contributed by atoms with Crippen molar-refractivity contribution in [2.75, 3.05) is 13.2 Å². The number of ether oxygens (including phenoxy) is 2. The van der Waals surface area contributed by atoms with E-state index in [1.165, 1.54) is 0 Å². The zero-order chi connectivity index (χ0) is 9.31. The molecule has 2 fully saturated rings. The predicted octanol–water partition coefficient (Wildman–Crippen LogP) is 1.22. The van der Waals surface area contributed by atoms with Crippen LogP contribution in [-0.4, -0.2) is 36.0 Å². The first-order valence-electron chi connectivity index (χ1n) is 4.75. The van der Waals surface area contributed by atoms with Gasteiger partial charge >= 0.3 is 5.97 Å². The highest BCUT2D eigenvalue weighted by atomic mass is 35.5. The highest BCUT2D eigenvalue weighted by Gasteiger charge is 2.51. The molecule has 14 heavy (non-hydrogen) atoms. The number of carboxylic acids is 1. The summed E-state index contributed by atoms with van der Waals surface area (Å²) in [6.45, 7) is 0.933. The minimum absolute atomic E-state index is 0. The Morgan fingerprint density at radius 3 is 2.79 bits per heavy atom. The Bertz CT molecular complexity index is 207. The normalized spacial score (nSPS) is 36.7. The van der Waals surface area contributed by atoms with Gasteiger partial charge in [-0.15, -0.1) is 12.4 Å². The lowest BCUT2D eigenvalue weighted by atomic mass is 9.81. The molecular formula is C9H15ClO4. The first kappa shape index (κ1) is 11.8. The molecule has 2 rings (SSSR count). The Labute approximate surface area is 89.0 Å². The van der Waals surface area contributed by atoms with E-state index in [1.807, 2.05) is 0 Å². The molecular weight excluding hydrogens is 208 g/mol. The lowest BCUT2D eigenvalue weighted by molar-refractivity contribution is -0.228. The zero-order valence-corrected chi connectivity index (χ0v) is 8.72. The average molecular weight is 223 g/mol. The van der Waals surface area contributed by atoms with E-state index in [-0.39, 0.29) is 18.5 Å². The molecule has 82 valence electrons. The summed E-state index contributed by atoms with van der Waals surface area (Å²) in [4.78, 5) is 11.1. The van der Waals surface area contributed by atoms with Gasteiger partial charge in [-0.25, -0.2) is 4.79 Å². The number of hydrogen-bond donors (Lipinski definition) is 1. The fourth-order valence-electron chi connectivity index (χ4n) is 2.22. The van der Waals surface area contributed by atoms with Crippen molar-refractivity contribution in [1.82, 2.24) is 0 Å². The third-order valence-electron chi connectivity index (χ3n) is 2.91. The van der Waals surface area contributed by atoms with Crippen molar-refractivity contribution >= 4 is 18.4 Å². The van der Waals surface area contributed by atoms with Crippen LogP contribution < -0.4 is 0 Å². The Hall–Kier alpha value is -0.320. The summed E-state index contributed by atoms with van der Waals surface area (Å²) in [7, 11) is 0. The third kappa shape index (κ3) is 1.74. The van der Waals surface area contributed by atoms with Crippen molar-refractivity contribution < 1.29 is 19.4 Å². The van der Waals surface area contributed by atoms with E-state index in [2.05, 4.69) is 0 Å². The molecule has 1 aliphatic carbocycles. The number of fused-ring (bicyclic) bond motifs is 1. The molecule has 1 aliphatic heterocycles. The van der Waals surface area contributed by atoms with Gasteiger partial charge in [0.05, 0.1) is 19.3 Å². The summed E-state index contributed by atoms with van der Waals surface area (Å²) < 4.78 is 10.8. The Balaban J connectivity index is 0.000000980. The summed E-state index contributed by atoms with van der Waals surface area (Å²) in [5.41, 5.74) is -1.03. The van der Waals surface area contributed by atoms with Gasteiger partial charge in [0.2, 0.25) is 0 Å². The van der Waals surface area contributed by atoms with Crippen LogP contribution in [-0.2, 0) is 14.3 Å². The topological polar surface area (TPSA) is 55.8 Å². The lowest BCUT2D eigenvalue weighted by Gasteiger charge is -2.43. The molecule has 0 bridgehead atoms. The van der Waals surface area contributed by atoms with E-state index < -0.39 is 11.6 Å². The van der Waals surface area contributed by atoms with Gasteiger partial charge in [-0.05, 0) is 19.3 Å². The zero-order valence-electron chi connectivity index (χ0n) is 7.90. The fraction of sp³-hybridized carbons (Fsp3) is 0.889. The van der Waals surface area contributed by atoms with Crippen molar-refractivity contribution in [2.45, 2.75) is 37.4 Å². The van der Waals surface area contributed by atoms with Gasteiger partial charge in [0.15, 0.2) is 5.60 Å². The Kier molecular flexibility index (Phi) is 3.75. The van der Waals surface area contributed by atoms with Gasteiger partial charge in [0, 0.05) is 0 Å². The van der Waals surface area contributed by atoms with E-state index >= 15 is 0 Å². The number of carboxylic acid groups (broad SMARTS) is 1. The van der Waals surface area contributed by atoms with E-state index in [4.69, 9.17) is 14.6 Å². The van der Waals surface area contributed by atoms with E-state index in [1.54, 1.807) is 0 Å². The number of halogens is 1. The predicted molar refractivity (Wildman–Crippen MR) is 51.8 cm³/mol. The summed E-state index contributed by atoms with van der Waals surface area (Å²) in [6, 6.07) is 0. The van der Waals surface area contributed by atoms with Crippen molar-refractivity contribution in [3.8, 4) is 0 Å². The number of aliphatic carboxylic acids is 1. The second-order valence-electron chi connectivity index (χ2n) is 3.65. The summed E-state index contributed by atoms with van der Waals surface area (Å²) in [5.74, 6) is -0.864. The van der Waals surface area contributed by atoms with E-state index in [9.17, 15) is 4.79 Å². The van der Waals surface area contributed by atoms with Gasteiger partial charge in [-0.1, -0.05) is 6.42 Å². The van der Waals surface area contributed by atoms with Crippen molar-refractivity contribution in [3.63, 3.8) is 0 Å². The molecule has 0 spiro atoms. The van der Waals surface area contributed by atoms with Gasteiger partial charge in [0.1, 0.15) is 0 Å². The number of carbonyl (C=O) groups is 1. The molecule has 2 atom stereocenters. The first-order chi connectivity index (χ1) is 6.26. The minimum Gasteiger partial charge on any atom is -0.479 e. The van der Waals surface area contributed by atoms with Crippen LogP contribution >= 0.6 is 12.4 Å². The second-order valence-corrected chi connectivity index (χ2v) is 3.65. The highest BCUT2D eigenvalue weighted by Crippen LogP contribution is 2.36. The van der Waals surface area contributed by atoms with Crippen LogP contribution in [0, 0.1) is 0 Å². The van der Waals surface area contributed by atoms with Crippen LogP contribution in [0.2, 0.25) is 0 Å². The van der Waals surface area contributed by atoms with Crippen LogP contribution in [0.4, 0.5) is 0 Å². The molecule has 0 aromatic heterocycles. The Morgan fingerprint density at radius 2 is 2.14 bits per heavy atom. The SMILES string of the molecule is Cl.O=C(O)C12CCCCC1OCCO2. The largest absolute Gasteiger partial charge is 0.479 e. The van der Waals surface area contributed by atoms with Crippen molar-refractivity contribution in [1.29, 1.82) is 0 Å². The van der Waals surface area contributed by atoms with Crippen molar-refractivity contribution in [3.05, 3.63) is 0 Å². The van der Waals surface area contributed by atoms with Crippen LogP contribution in [0.3, 0.4) is 0 Å². The quantitative estimate of drug-likeness (QED) is 0.725. The second kappa shape index (κ2) is 4.47. The molecule has 0 amide bonds. The molecule has 1 saturated heterocycles. The molecule has 2 aliphatic rings. The van der Waals surface area contributed by atoms with E-state index in [0.29, 0.717) is 19.6 Å². The van der Waals surface area contributed by atoms with Gasteiger partial charge in [-0.2, -0.15) is 0 Å². The van der Waals surface area contributed by atoms with Gasteiger partial charge in [-0.3, -0.25) is 0 Å². The molecule has 5 heteroatoms. The molecule has 1 saturated carbocycles. The van der Waals surface area contributed by atoms with Crippen LogP contribution in [0.15, 0.2) is 0 Å². The maximum absolute atomic E-state index is 11.1. The standard InChI is InChI=1S/C9H14O4.ClH/c10-8(11)9-4-2-1-3-7(9)12-5-6-13-9;/h7H,1-6H2,(H,10,11);1H. The van der Waals surface area contributed by atoms with Crippen molar-refractivity contribution in [2.24, 2.45) is 0 Å². The molecule has 0 radical (unpaired) electrons. The van der Waals surface area contributed by atoms with Crippen LogP contribution in [0.5, 0.6) is 0 Å². The number of hydrogen-bond acceptors (Lipinski definition) is 3. The summed E-state index contributed by atoms with van der Waals surface area (Å²) in [6.07, 6.45) is 3.14. The van der Waals surface area contributed by atoms with E-state index in [0.717, 1.165) is 19.3 Å². The number of rotatable bonds is 1. The highest BCUT2D eigenvalue weighted by molar-refractivity contribution is 5.85. The van der Waals surface area contributed by atoms with Crippen LogP contribution in [0.25, 0.3) is 0 Å². The van der Waals surface area contributed by atoms with Gasteiger partial charge in [0.25, 0.3) is 0 Å². The van der Waals surface area contributed by atoms with Crippen LogP contribution in [0.1, 0.15) is 25.7 Å². The molecule has 1 N–H and O–H groups in total. The molecule has 0 aromatic rings. The summed E-state index contributed by atoms with van der Waals surface area (Å²) >= 11 is 0. The molecule has 0 aromatic carbocycles. The van der Waals surface area contributed by atoms with Gasteiger partial charge < -0.3 is 14.6 Å². The third-order valence-corrected chi connectivity index (χ3v) is 2.91. The molecule has 1 heterocycles. The summed E-state index contributed by atoms with van der Waals surface area (Å²) in [5, 5.41) is 9.12. The first-order valence-corrected chi connectivity index (χ1v) is 4.75. The molecule has 4 nitrogen and oxygen atoms in total. The maximum atomic E-state index is 11.1. The average Bonchev–Trinajstić information content (AvgIpc) is 2.17.